The summed E-state index contributed by atoms with van der Waals surface area (Å²) < 4.78 is 1.88. The summed E-state index contributed by atoms with van der Waals surface area (Å²) in [7, 11) is 0. The lowest BCUT2D eigenvalue weighted by molar-refractivity contribution is 0.712. The molecule has 0 radical (unpaired) electrons. The van der Waals surface area contributed by atoms with Crippen molar-refractivity contribution in [3.63, 3.8) is 0 Å². The van der Waals surface area contributed by atoms with E-state index in [-0.39, 0.29) is 0 Å². The van der Waals surface area contributed by atoms with E-state index in [4.69, 9.17) is 17.3 Å². The molecule has 0 saturated heterocycles. The number of anilines is 1. The molecule has 1 aromatic heterocycles. The minimum atomic E-state index is 0.674. The summed E-state index contributed by atoms with van der Waals surface area (Å²) in [5.74, 6) is 0. The van der Waals surface area contributed by atoms with Gasteiger partial charge in [0.25, 0.3) is 0 Å². The first kappa shape index (κ1) is 11.1. The lowest BCUT2D eigenvalue weighted by Crippen LogP contribution is -2.01. The van der Waals surface area contributed by atoms with Crippen LogP contribution in [0, 0.1) is 0 Å². The molecule has 0 unspecified atom stereocenters. The zero-order valence-corrected chi connectivity index (χ0v) is 10.4. The van der Waals surface area contributed by atoms with E-state index >= 15 is 0 Å². The van der Waals surface area contributed by atoms with Crippen LogP contribution in [0.5, 0.6) is 0 Å². The summed E-state index contributed by atoms with van der Waals surface area (Å²) >= 11 is 6.23. The summed E-state index contributed by atoms with van der Waals surface area (Å²) in [4.78, 5) is 0. The van der Waals surface area contributed by atoms with Crippen molar-refractivity contribution in [1.82, 2.24) is 9.78 Å². The summed E-state index contributed by atoms with van der Waals surface area (Å²) in [5, 5.41) is 5.94. The second kappa shape index (κ2) is 4.35. The molecule has 1 heterocycles. The monoisotopic (exact) mass is 257 g/mol. The van der Waals surface area contributed by atoms with E-state index in [1.807, 2.05) is 28.9 Å². The predicted molar refractivity (Wildman–Crippen MR) is 74.7 cm³/mol. The third-order valence-corrected chi connectivity index (χ3v) is 3.27. The highest BCUT2D eigenvalue weighted by atomic mass is 35.5. The van der Waals surface area contributed by atoms with E-state index in [1.165, 1.54) is 5.56 Å². The lowest BCUT2D eigenvalue weighted by Gasteiger charge is -2.05. The Morgan fingerprint density at radius 2 is 1.89 bits per heavy atom. The fraction of sp³-hybridized carbons (Fsp3) is 0.0714. The third kappa shape index (κ3) is 1.83. The van der Waals surface area contributed by atoms with Crippen LogP contribution >= 0.6 is 11.6 Å². The molecule has 18 heavy (non-hydrogen) atoms. The summed E-state index contributed by atoms with van der Waals surface area (Å²) in [6.07, 6.45) is 1.76. The average Bonchev–Trinajstić information content (AvgIpc) is 2.80. The molecule has 0 aliphatic rings. The molecule has 0 amide bonds. The van der Waals surface area contributed by atoms with Gasteiger partial charge in [-0.25, -0.2) is 0 Å². The number of hydrogen-bond acceptors (Lipinski definition) is 2. The maximum atomic E-state index is 6.23. The van der Waals surface area contributed by atoms with Crippen LogP contribution in [0.25, 0.3) is 10.9 Å². The van der Waals surface area contributed by atoms with Crippen LogP contribution in [-0.2, 0) is 6.54 Å². The van der Waals surface area contributed by atoms with Gasteiger partial charge in [0.05, 0.1) is 23.3 Å². The first-order valence-electron chi connectivity index (χ1n) is 5.69. The molecule has 3 aromatic rings. The third-order valence-electron chi connectivity index (χ3n) is 2.96. The van der Waals surface area contributed by atoms with Crippen molar-refractivity contribution in [1.29, 1.82) is 0 Å². The molecule has 3 rings (SSSR count). The molecule has 0 aliphatic heterocycles. The molecule has 0 fully saturated rings. The molecule has 3 nitrogen and oxygen atoms in total. The second-order valence-electron chi connectivity index (χ2n) is 4.19. The average molecular weight is 258 g/mol. The van der Waals surface area contributed by atoms with Gasteiger partial charge < -0.3 is 5.73 Å². The molecule has 0 atom stereocenters. The Hall–Kier alpha value is -2.00. The minimum Gasteiger partial charge on any atom is -0.398 e. The Morgan fingerprint density at radius 1 is 1.11 bits per heavy atom. The highest BCUT2D eigenvalue weighted by Crippen LogP contribution is 2.28. The second-order valence-corrected chi connectivity index (χ2v) is 4.59. The number of nitrogens with zero attached hydrogens (tertiary/aromatic N) is 2. The molecule has 0 bridgehead atoms. The van der Waals surface area contributed by atoms with E-state index in [9.17, 15) is 0 Å². The molecule has 0 spiro atoms. The highest BCUT2D eigenvalue weighted by molar-refractivity contribution is 6.35. The van der Waals surface area contributed by atoms with Gasteiger partial charge in [0, 0.05) is 11.1 Å². The number of nitrogen functional groups attached to an aromatic ring is 1. The van der Waals surface area contributed by atoms with Gasteiger partial charge in [-0.3, -0.25) is 4.68 Å². The Bertz CT molecular complexity index is 689. The van der Waals surface area contributed by atoms with Crippen molar-refractivity contribution in [2.45, 2.75) is 6.54 Å². The van der Waals surface area contributed by atoms with E-state index in [2.05, 4.69) is 17.2 Å². The maximum Gasteiger partial charge on any atom is 0.0893 e. The van der Waals surface area contributed by atoms with Crippen LogP contribution in [0.15, 0.2) is 48.7 Å². The number of nitrogens with two attached hydrogens (primary N) is 1. The van der Waals surface area contributed by atoms with Gasteiger partial charge in [-0.1, -0.05) is 41.9 Å². The fourth-order valence-electron chi connectivity index (χ4n) is 2.06. The molecule has 90 valence electrons. The minimum absolute atomic E-state index is 0.674. The standard InChI is InChI=1S/C14H12ClN3/c15-12-6-7-13(16)11-8-17-18(14(11)12)9-10-4-2-1-3-5-10/h1-8H,9,16H2. The van der Waals surface area contributed by atoms with Crippen molar-refractivity contribution >= 4 is 28.2 Å². The normalized spacial score (nSPS) is 10.9. The first-order chi connectivity index (χ1) is 8.75. The molecule has 0 saturated carbocycles. The Kier molecular flexibility index (Phi) is 2.68. The van der Waals surface area contributed by atoms with E-state index < -0.39 is 0 Å². The zero-order valence-electron chi connectivity index (χ0n) is 9.68. The quantitative estimate of drug-likeness (QED) is 0.716. The number of fused-ring (bicyclic) bond motifs is 1. The summed E-state index contributed by atoms with van der Waals surface area (Å²) in [5.41, 5.74) is 8.69. The first-order valence-corrected chi connectivity index (χ1v) is 6.07. The summed E-state index contributed by atoms with van der Waals surface area (Å²) in [6.45, 7) is 0.688. The van der Waals surface area contributed by atoms with Gasteiger partial charge in [0.1, 0.15) is 0 Å². The Morgan fingerprint density at radius 3 is 2.67 bits per heavy atom. The van der Waals surface area contributed by atoms with Crippen LogP contribution in [0.4, 0.5) is 5.69 Å². The molecule has 2 aromatic carbocycles. The lowest BCUT2D eigenvalue weighted by atomic mass is 10.2. The van der Waals surface area contributed by atoms with E-state index in [1.54, 1.807) is 12.3 Å². The smallest absolute Gasteiger partial charge is 0.0893 e. The Labute approximate surface area is 110 Å². The topological polar surface area (TPSA) is 43.8 Å². The SMILES string of the molecule is Nc1ccc(Cl)c2c1cnn2Cc1ccccc1. The highest BCUT2D eigenvalue weighted by Gasteiger charge is 2.09. The van der Waals surface area contributed by atoms with Crippen molar-refractivity contribution in [3.05, 3.63) is 59.2 Å². The van der Waals surface area contributed by atoms with Gasteiger partial charge in [-0.05, 0) is 17.7 Å². The van der Waals surface area contributed by atoms with Gasteiger partial charge in [0.2, 0.25) is 0 Å². The number of rotatable bonds is 2. The molecule has 4 heteroatoms. The number of halogens is 1. The largest absolute Gasteiger partial charge is 0.398 e. The molecular weight excluding hydrogens is 246 g/mol. The van der Waals surface area contributed by atoms with Crippen LogP contribution < -0.4 is 5.73 Å². The van der Waals surface area contributed by atoms with Gasteiger partial charge in [-0.2, -0.15) is 5.10 Å². The predicted octanol–water partition coefficient (Wildman–Crippen LogP) is 3.32. The number of aromatic nitrogens is 2. The van der Waals surface area contributed by atoms with Crippen molar-refractivity contribution in [3.8, 4) is 0 Å². The Balaban J connectivity index is 2.11. The molecule has 0 aliphatic carbocycles. The molecular formula is C14H12ClN3. The van der Waals surface area contributed by atoms with Gasteiger partial charge in [0.15, 0.2) is 0 Å². The molecule has 2 N–H and O–H groups in total. The number of benzene rings is 2. The zero-order chi connectivity index (χ0) is 12.5. The number of hydrogen-bond donors (Lipinski definition) is 1. The van der Waals surface area contributed by atoms with Crippen LogP contribution in [0.1, 0.15) is 5.56 Å². The fourth-order valence-corrected chi connectivity index (χ4v) is 2.32. The van der Waals surface area contributed by atoms with E-state index in [0.717, 1.165) is 10.9 Å². The van der Waals surface area contributed by atoms with E-state index in [0.29, 0.717) is 17.3 Å². The van der Waals surface area contributed by atoms with Gasteiger partial charge in [-0.15, -0.1) is 0 Å². The van der Waals surface area contributed by atoms with Crippen molar-refractivity contribution in [2.75, 3.05) is 5.73 Å². The van der Waals surface area contributed by atoms with Gasteiger partial charge >= 0.3 is 0 Å². The van der Waals surface area contributed by atoms with Crippen LogP contribution in [0.3, 0.4) is 0 Å². The van der Waals surface area contributed by atoms with Crippen LogP contribution in [-0.4, -0.2) is 9.78 Å². The maximum absolute atomic E-state index is 6.23. The summed E-state index contributed by atoms with van der Waals surface area (Å²) in [6, 6.07) is 13.8. The van der Waals surface area contributed by atoms with Crippen LogP contribution in [0.2, 0.25) is 5.02 Å². The van der Waals surface area contributed by atoms with Crippen molar-refractivity contribution in [2.24, 2.45) is 0 Å². The van der Waals surface area contributed by atoms with Crippen molar-refractivity contribution < 1.29 is 0 Å².